The van der Waals surface area contributed by atoms with E-state index in [1.165, 1.54) is 42.7 Å². The van der Waals surface area contributed by atoms with Crippen molar-refractivity contribution >= 4 is 40.9 Å². The Balaban J connectivity index is 1.55. The number of hydrogen-bond donors (Lipinski definition) is 8. The second kappa shape index (κ2) is 15.3. The highest BCUT2D eigenvalue weighted by Gasteiger charge is 2.30. The molecule has 0 fully saturated rings. The van der Waals surface area contributed by atoms with Crippen LogP contribution in [-0.2, 0) is 43.2 Å². The van der Waals surface area contributed by atoms with E-state index in [0.29, 0.717) is 11.1 Å². The van der Waals surface area contributed by atoms with Gasteiger partial charge in [-0.25, -0.2) is 0 Å². The second-order valence-electron chi connectivity index (χ2n) is 10.8. The molecule has 3 aromatic carbocycles. The maximum absolute atomic E-state index is 13.7. The lowest BCUT2D eigenvalue weighted by Crippen LogP contribution is -2.58. The van der Waals surface area contributed by atoms with E-state index in [9.17, 15) is 34.2 Å². The van der Waals surface area contributed by atoms with E-state index in [1.807, 2.05) is 24.3 Å². The molecule has 1 aromatic heterocycles. The van der Waals surface area contributed by atoms with Crippen LogP contribution in [0.25, 0.3) is 10.9 Å². The summed E-state index contributed by atoms with van der Waals surface area (Å²) < 4.78 is 0. The summed E-state index contributed by atoms with van der Waals surface area (Å²) in [6, 6.07) is 14.3. The number of aromatic nitrogens is 1. The molecule has 0 bridgehead atoms. The maximum atomic E-state index is 13.7. The molecule has 0 aliphatic rings. The lowest BCUT2D eigenvalue weighted by molar-refractivity contribution is -0.137. The number of phenols is 2. The average molecular weight is 629 g/mol. The Bertz CT molecular complexity index is 1690. The number of aromatic hydroxyl groups is 2. The van der Waals surface area contributed by atoms with Crippen LogP contribution in [0.15, 0.2) is 79.0 Å². The smallest absolute Gasteiger partial charge is 0.305 e. The van der Waals surface area contributed by atoms with Gasteiger partial charge in [0.1, 0.15) is 29.6 Å². The lowest BCUT2D eigenvalue weighted by atomic mass is 10.0. The molecule has 0 unspecified atom stereocenters. The second-order valence-corrected chi connectivity index (χ2v) is 10.8. The van der Waals surface area contributed by atoms with E-state index >= 15 is 0 Å². The van der Waals surface area contributed by atoms with Crippen molar-refractivity contribution in [2.45, 2.75) is 49.9 Å². The maximum Gasteiger partial charge on any atom is 0.305 e. The first-order valence-corrected chi connectivity index (χ1v) is 14.4. The summed E-state index contributed by atoms with van der Waals surface area (Å²) in [5.74, 6) is -3.60. The average Bonchev–Trinajstić information content (AvgIpc) is 3.44. The third kappa shape index (κ3) is 9.16. The van der Waals surface area contributed by atoms with Crippen LogP contribution < -0.4 is 21.7 Å². The zero-order valence-corrected chi connectivity index (χ0v) is 24.6. The van der Waals surface area contributed by atoms with Gasteiger partial charge in [-0.1, -0.05) is 42.5 Å². The molecule has 0 spiro atoms. The Morgan fingerprint density at radius 2 is 1.26 bits per heavy atom. The molecule has 0 saturated carbocycles. The van der Waals surface area contributed by atoms with E-state index in [1.54, 1.807) is 18.3 Å². The Labute approximate surface area is 263 Å². The molecule has 1 radical (unpaired) electrons. The van der Waals surface area contributed by atoms with Crippen LogP contribution in [0.5, 0.6) is 11.5 Å². The van der Waals surface area contributed by atoms with E-state index < -0.39 is 54.3 Å². The molecule has 4 aromatic rings. The Kier molecular flexibility index (Phi) is 11.1. The van der Waals surface area contributed by atoms with Gasteiger partial charge < -0.3 is 42.0 Å². The van der Waals surface area contributed by atoms with Crippen LogP contribution in [0.1, 0.15) is 23.1 Å². The number of para-hydroxylation sites is 1. The van der Waals surface area contributed by atoms with Crippen molar-refractivity contribution < 1.29 is 39.3 Å². The van der Waals surface area contributed by atoms with Gasteiger partial charge in [0.2, 0.25) is 24.0 Å². The fourth-order valence-electron chi connectivity index (χ4n) is 4.90. The highest BCUT2D eigenvalue weighted by molar-refractivity contribution is 5.94. The fourth-order valence-corrected chi connectivity index (χ4v) is 4.90. The third-order valence-corrected chi connectivity index (χ3v) is 7.31. The van der Waals surface area contributed by atoms with Gasteiger partial charge in [0, 0.05) is 29.9 Å². The first-order chi connectivity index (χ1) is 22.0. The topological polar surface area (TPSA) is 224 Å². The Hall–Kier alpha value is -5.69. The minimum absolute atomic E-state index is 0.00284. The number of carbonyl (C=O) groups excluding carboxylic acids is 4. The van der Waals surface area contributed by atoms with Crippen molar-refractivity contribution in [3.63, 3.8) is 0 Å². The molecule has 13 nitrogen and oxygen atoms in total. The minimum Gasteiger partial charge on any atom is -0.508 e. The van der Waals surface area contributed by atoms with E-state index in [-0.39, 0.29) is 30.8 Å². The van der Waals surface area contributed by atoms with Gasteiger partial charge in [0.15, 0.2) is 0 Å². The van der Waals surface area contributed by atoms with Gasteiger partial charge >= 0.3 is 5.97 Å². The van der Waals surface area contributed by atoms with Gasteiger partial charge in [-0.3, -0.25) is 24.0 Å². The summed E-state index contributed by atoms with van der Waals surface area (Å²) in [4.78, 5) is 65.9. The van der Waals surface area contributed by atoms with Gasteiger partial charge in [0.25, 0.3) is 0 Å². The summed E-state index contributed by atoms with van der Waals surface area (Å²) >= 11 is 0. The highest BCUT2D eigenvalue weighted by Crippen LogP contribution is 2.19. The number of carboxylic acids is 1. The van der Waals surface area contributed by atoms with Crippen molar-refractivity contribution in [1.29, 1.82) is 0 Å². The third-order valence-electron chi connectivity index (χ3n) is 7.31. The number of carboxylic acid groups (broad SMARTS) is 1. The van der Waals surface area contributed by atoms with E-state index in [0.717, 1.165) is 16.5 Å². The van der Waals surface area contributed by atoms with Gasteiger partial charge in [0.05, 0.1) is 12.5 Å². The van der Waals surface area contributed by atoms with Crippen molar-refractivity contribution in [3.8, 4) is 11.5 Å². The van der Waals surface area contributed by atoms with Gasteiger partial charge in [-0.15, -0.1) is 0 Å². The quantitative estimate of drug-likeness (QED) is 0.0938. The summed E-state index contributed by atoms with van der Waals surface area (Å²) in [7, 11) is 0. The number of hydrogen-bond acceptors (Lipinski definition) is 8. The summed E-state index contributed by atoms with van der Waals surface area (Å²) in [5, 5.41) is 36.9. The first kappa shape index (κ1) is 33.2. The number of nitrogens with one attached hydrogen (secondary N) is 4. The normalized spacial score (nSPS) is 13.6. The zero-order valence-electron chi connectivity index (χ0n) is 24.6. The number of amides is 3. The largest absolute Gasteiger partial charge is 0.508 e. The summed E-state index contributed by atoms with van der Waals surface area (Å²) in [5.41, 5.74) is 9.08. The van der Waals surface area contributed by atoms with Crippen LogP contribution in [0.2, 0.25) is 0 Å². The lowest BCUT2D eigenvalue weighted by Gasteiger charge is -2.25. The Morgan fingerprint density at radius 3 is 1.80 bits per heavy atom. The molecular formula is C33H34N5O8. The van der Waals surface area contributed by atoms with Crippen LogP contribution >= 0.6 is 0 Å². The number of phenolic OH excluding ortho intramolecular Hbond substituents is 2. The molecule has 0 aliphatic heterocycles. The fraction of sp³-hybridized carbons (Fsp3) is 0.242. The summed E-state index contributed by atoms with van der Waals surface area (Å²) in [6.07, 6.45) is 2.55. The molecule has 13 heteroatoms. The van der Waals surface area contributed by atoms with Crippen LogP contribution in [0.3, 0.4) is 0 Å². The predicted octanol–water partition coefficient (Wildman–Crippen LogP) is 0.973. The molecule has 1 heterocycles. The molecule has 4 atom stereocenters. The van der Waals surface area contributed by atoms with Crippen LogP contribution in [0.4, 0.5) is 0 Å². The minimum atomic E-state index is -1.47. The highest BCUT2D eigenvalue weighted by atomic mass is 16.4. The number of rotatable bonds is 15. The molecule has 3 amide bonds. The molecule has 0 saturated heterocycles. The van der Waals surface area contributed by atoms with Gasteiger partial charge in [-0.05, 0) is 53.4 Å². The van der Waals surface area contributed by atoms with Crippen molar-refractivity contribution in [1.82, 2.24) is 20.9 Å². The van der Waals surface area contributed by atoms with Gasteiger partial charge in [-0.2, -0.15) is 0 Å². The Morgan fingerprint density at radius 1 is 0.739 bits per heavy atom. The predicted molar refractivity (Wildman–Crippen MR) is 167 cm³/mol. The molecule has 4 rings (SSSR count). The number of aliphatic carboxylic acids is 1. The molecule has 239 valence electrons. The number of fused-ring (bicyclic) bond motifs is 1. The number of nitrogens with two attached hydrogens (primary N) is 1. The van der Waals surface area contributed by atoms with Crippen molar-refractivity contribution in [2.75, 3.05) is 0 Å². The molecule has 0 aliphatic carbocycles. The van der Waals surface area contributed by atoms with E-state index in [4.69, 9.17) is 10.8 Å². The number of aromatic amines is 1. The monoisotopic (exact) mass is 628 g/mol. The number of carbonyl (C=O) groups is 4. The molecule has 46 heavy (non-hydrogen) atoms. The summed E-state index contributed by atoms with van der Waals surface area (Å²) in [6.45, 7) is 0. The van der Waals surface area contributed by atoms with E-state index in [2.05, 4.69) is 20.9 Å². The number of H-pyrrole nitrogens is 1. The van der Waals surface area contributed by atoms with Crippen molar-refractivity contribution in [3.05, 3.63) is 95.7 Å². The first-order valence-electron chi connectivity index (χ1n) is 14.4. The van der Waals surface area contributed by atoms with Crippen molar-refractivity contribution in [2.24, 2.45) is 5.73 Å². The van der Waals surface area contributed by atoms with Crippen LogP contribution in [0, 0.1) is 0 Å². The van der Waals surface area contributed by atoms with Crippen LogP contribution in [-0.4, -0.2) is 74.4 Å². The standard InChI is InChI=1S/C33H34N5O8/c34-26(15-21-17-35-27-4-2-1-3-25(21)27)31(44)37-29(14-20-7-11-24(41)12-8-20)33(46)38-28(13-19-5-9-23(40)10-6-19)32(45)36-22(18-39)16-30(42)43/h1-12,17,22,26,28-29,35,40-41H,13-16,34H2,(H,36,45)(H,37,44)(H,38,46)(H,42,43)/t22-,26-,28-,29-/m0/s1. The molecule has 9 N–H and O–H groups in total. The SMILES string of the molecule is N[C@@H](Cc1c[nH]c2ccccc12)C(=O)N[C@@H](Cc1ccc(O)cc1)C(=O)N[C@@H](Cc1ccc(O)cc1)C(=O)N[C@H]([C]=O)CC(=O)O. The number of benzene rings is 3. The molecular weight excluding hydrogens is 594 g/mol. The zero-order chi connectivity index (χ0) is 33.2.